The lowest BCUT2D eigenvalue weighted by Gasteiger charge is -2.25. The molecule has 2 saturated carbocycles. The van der Waals surface area contributed by atoms with E-state index in [-0.39, 0.29) is 0 Å². The molecule has 3 unspecified atom stereocenters. The highest BCUT2D eigenvalue weighted by molar-refractivity contribution is 5.32. The van der Waals surface area contributed by atoms with Crippen molar-refractivity contribution in [3.8, 4) is 0 Å². The molecule has 2 fully saturated rings. The zero-order valence-electron chi connectivity index (χ0n) is 11.2. The fourth-order valence-corrected chi connectivity index (χ4v) is 3.67. The zero-order chi connectivity index (χ0) is 12.0. The van der Waals surface area contributed by atoms with Gasteiger partial charge in [-0.1, -0.05) is 18.2 Å². The van der Waals surface area contributed by atoms with Gasteiger partial charge < -0.3 is 5.32 Å². The van der Waals surface area contributed by atoms with E-state index in [2.05, 4.69) is 44.4 Å². The molecule has 0 bridgehead atoms. The molecule has 0 saturated heterocycles. The van der Waals surface area contributed by atoms with E-state index in [1.54, 1.807) is 0 Å². The summed E-state index contributed by atoms with van der Waals surface area (Å²) >= 11 is 0. The molecule has 0 heterocycles. The van der Waals surface area contributed by atoms with Gasteiger partial charge in [0.15, 0.2) is 0 Å². The van der Waals surface area contributed by atoms with E-state index >= 15 is 0 Å². The minimum atomic E-state index is 0.571. The zero-order valence-corrected chi connectivity index (χ0v) is 11.2. The molecular formula is C16H23N. The van der Waals surface area contributed by atoms with Crippen molar-refractivity contribution in [1.82, 2.24) is 5.32 Å². The molecule has 1 N–H and O–H groups in total. The fourth-order valence-electron chi connectivity index (χ4n) is 3.67. The minimum Gasteiger partial charge on any atom is -0.313 e. The Morgan fingerprint density at radius 2 is 1.76 bits per heavy atom. The van der Waals surface area contributed by atoms with Crippen molar-refractivity contribution in [2.75, 3.05) is 7.05 Å². The van der Waals surface area contributed by atoms with Crippen molar-refractivity contribution in [2.24, 2.45) is 17.8 Å². The van der Waals surface area contributed by atoms with Gasteiger partial charge in [-0.3, -0.25) is 0 Å². The van der Waals surface area contributed by atoms with Crippen LogP contribution in [0.3, 0.4) is 0 Å². The quantitative estimate of drug-likeness (QED) is 0.835. The smallest absolute Gasteiger partial charge is 0.0346 e. The summed E-state index contributed by atoms with van der Waals surface area (Å²) in [5.41, 5.74) is 4.31. The third-order valence-corrected chi connectivity index (χ3v) is 4.95. The monoisotopic (exact) mass is 229 g/mol. The van der Waals surface area contributed by atoms with E-state index in [1.165, 1.54) is 36.0 Å². The van der Waals surface area contributed by atoms with Crippen LogP contribution in [0.4, 0.5) is 0 Å². The van der Waals surface area contributed by atoms with E-state index in [0.717, 1.165) is 17.8 Å². The molecule has 1 heteroatoms. The van der Waals surface area contributed by atoms with Crippen LogP contribution < -0.4 is 5.32 Å². The van der Waals surface area contributed by atoms with Gasteiger partial charge in [0.05, 0.1) is 0 Å². The molecule has 0 radical (unpaired) electrons. The van der Waals surface area contributed by atoms with Crippen LogP contribution in [0, 0.1) is 31.6 Å². The van der Waals surface area contributed by atoms with Crippen molar-refractivity contribution in [1.29, 1.82) is 0 Å². The van der Waals surface area contributed by atoms with Crippen molar-refractivity contribution in [2.45, 2.75) is 39.2 Å². The number of hydrogen-bond donors (Lipinski definition) is 1. The molecule has 1 aromatic carbocycles. The van der Waals surface area contributed by atoms with Crippen LogP contribution in [0.25, 0.3) is 0 Å². The molecule has 0 aliphatic heterocycles. The Labute approximate surface area is 105 Å². The average molecular weight is 229 g/mol. The molecule has 2 aliphatic carbocycles. The van der Waals surface area contributed by atoms with Crippen molar-refractivity contribution >= 4 is 0 Å². The van der Waals surface area contributed by atoms with Gasteiger partial charge in [-0.15, -0.1) is 0 Å². The molecule has 2 aliphatic rings. The molecular weight excluding hydrogens is 206 g/mol. The van der Waals surface area contributed by atoms with Gasteiger partial charge in [-0.25, -0.2) is 0 Å². The molecule has 3 atom stereocenters. The third kappa shape index (κ3) is 2.01. The molecule has 17 heavy (non-hydrogen) atoms. The largest absolute Gasteiger partial charge is 0.313 e. The summed E-state index contributed by atoms with van der Waals surface area (Å²) in [7, 11) is 2.11. The van der Waals surface area contributed by atoms with Crippen molar-refractivity contribution < 1.29 is 0 Å². The first-order valence-corrected chi connectivity index (χ1v) is 6.93. The van der Waals surface area contributed by atoms with E-state index in [4.69, 9.17) is 0 Å². The average Bonchev–Trinajstić information content (AvgIpc) is 2.92. The lowest BCUT2D eigenvalue weighted by Crippen LogP contribution is -2.24. The Hall–Kier alpha value is -0.820. The highest BCUT2D eigenvalue weighted by atomic mass is 14.9. The van der Waals surface area contributed by atoms with Crippen LogP contribution >= 0.6 is 0 Å². The fraction of sp³-hybridized carbons (Fsp3) is 0.625. The predicted octanol–water partition coefficient (Wildman–Crippen LogP) is 3.61. The molecule has 1 nitrogen and oxygen atoms in total. The van der Waals surface area contributed by atoms with Crippen LogP contribution in [-0.4, -0.2) is 7.05 Å². The van der Waals surface area contributed by atoms with Crippen LogP contribution in [-0.2, 0) is 0 Å². The van der Waals surface area contributed by atoms with Crippen LogP contribution in [0.15, 0.2) is 18.2 Å². The van der Waals surface area contributed by atoms with Crippen LogP contribution in [0.1, 0.15) is 42.0 Å². The highest BCUT2D eigenvalue weighted by Gasteiger charge is 2.47. The van der Waals surface area contributed by atoms with E-state index in [0.29, 0.717) is 6.04 Å². The van der Waals surface area contributed by atoms with Gasteiger partial charge in [-0.05, 0) is 74.6 Å². The Kier molecular flexibility index (Phi) is 2.74. The summed E-state index contributed by atoms with van der Waals surface area (Å²) in [6.45, 7) is 4.41. The number of nitrogens with one attached hydrogen (secondary N) is 1. The van der Waals surface area contributed by atoms with E-state index in [1.807, 2.05) is 0 Å². The third-order valence-electron chi connectivity index (χ3n) is 4.95. The topological polar surface area (TPSA) is 12.0 Å². The minimum absolute atomic E-state index is 0.571. The maximum absolute atomic E-state index is 3.55. The molecule has 0 spiro atoms. The van der Waals surface area contributed by atoms with Gasteiger partial charge in [0.1, 0.15) is 0 Å². The number of hydrogen-bond acceptors (Lipinski definition) is 1. The standard InChI is InChI=1S/C16H23N/c1-10-4-5-12(6-11(10)2)16(17-3)15-8-13-7-14(13)9-15/h4-6,13-17H,7-9H2,1-3H3. The summed E-state index contributed by atoms with van der Waals surface area (Å²) in [5, 5.41) is 3.55. The summed E-state index contributed by atoms with van der Waals surface area (Å²) in [5.74, 6) is 3.01. The van der Waals surface area contributed by atoms with Gasteiger partial charge in [0.2, 0.25) is 0 Å². The first-order chi connectivity index (χ1) is 8.19. The maximum atomic E-state index is 3.55. The first-order valence-electron chi connectivity index (χ1n) is 6.93. The Morgan fingerprint density at radius 3 is 2.35 bits per heavy atom. The normalized spacial score (nSPS) is 32.3. The molecule has 3 rings (SSSR count). The summed E-state index contributed by atoms with van der Waals surface area (Å²) in [6, 6.07) is 7.53. The number of rotatable bonds is 3. The van der Waals surface area contributed by atoms with E-state index < -0.39 is 0 Å². The Morgan fingerprint density at radius 1 is 1.06 bits per heavy atom. The van der Waals surface area contributed by atoms with Crippen molar-refractivity contribution in [3.63, 3.8) is 0 Å². The summed E-state index contributed by atoms with van der Waals surface area (Å²) < 4.78 is 0. The highest BCUT2D eigenvalue weighted by Crippen LogP contribution is 2.57. The first kappa shape index (κ1) is 11.3. The van der Waals surface area contributed by atoms with Gasteiger partial charge in [-0.2, -0.15) is 0 Å². The van der Waals surface area contributed by atoms with Crippen LogP contribution in [0.5, 0.6) is 0 Å². The van der Waals surface area contributed by atoms with Crippen LogP contribution in [0.2, 0.25) is 0 Å². The number of fused-ring (bicyclic) bond motifs is 1. The Bertz CT molecular complexity index is 414. The van der Waals surface area contributed by atoms with Gasteiger partial charge >= 0.3 is 0 Å². The van der Waals surface area contributed by atoms with Gasteiger partial charge in [0, 0.05) is 6.04 Å². The number of aryl methyl sites for hydroxylation is 2. The number of benzene rings is 1. The molecule has 92 valence electrons. The lowest BCUT2D eigenvalue weighted by molar-refractivity contribution is 0.359. The van der Waals surface area contributed by atoms with Gasteiger partial charge in [0.25, 0.3) is 0 Å². The summed E-state index contributed by atoms with van der Waals surface area (Å²) in [4.78, 5) is 0. The lowest BCUT2D eigenvalue weighted by atomic mass is 9.88. The second-order valence-corrected chi connectivity index (χ2v) is 6.10. The maximum Gasteiger partial charge on any atom is 0.0346 e. The predicted molar refractivity (Wildman–Crippen MR) is 72.0 cm³/mol. The Balaban J connectivity index is 1.81. The van der Waals surface area contributed by atoms with Crippen molar-refractivity contribution in [3.05, 3.63) is 34.9 Å². The summed E-state index contributed by atoms with van der Waals surface area (Å²) in [6.07, 6.45) is 4.41. The molecule has 1 aromatic rings. The second-order valence-electron chi connectivity index (χ2n) is 6.10. The van der Waals surface area contributed by atoms with E-state index in [9.17, 15) is 0 Å². The molecule has 0 amide bonds. The molecule has 0 aromatic heterocycles. The second kappa shape index (κ2) is 4.13. The SMILES string of the molecule is CNC(c1ccc(C)c(C)c1)C1CC2CC2C1.